The summed E-state index contributed by atoms with van der Waals surface area (Å²) in [5, 5.41) is 0.875. The number of hydrogen-bond donors (Lipinski definition) is 0. The van der Waals surface area contributed by atoms with Gasteiger partial charge in [0.05, 0.1) is 10.7 Å². The van der Waals surface area contributed by atoms with Crippen LogP contribution in [0.3, 0.4) is 0 Å². The molecule has 0 N–H and O–H groups in total. The van der Waals surface area contributed by atoms with Crippen molar-refractivity contribution < 1.29 is 9.18 Å². The van der Waals surface area contributed by atoms with Crippen molar-refractivity contribution in [3.05, 3.63) is 81.1 Å². The summed E-state index contributed by atoms with van der Waals surface area (Å²) in [5.41, 5.74) is 3.96. The first-order valence-electron chi connectivity index (χ1n) is 8.22. The summed E-state index contributed by atoms with van der Waals surface area (Å²) in [7, 11) is 0. The number of carbonyl (C=O) groups excluding carboxylic acids is 1. The lowest BCUT2D eigenvalue weighted by Gasteiger charge is -2.16. The zero-order valence-corrected chi connectivity index (χ0v) is 14.6. The Labute approximate surface area is 149 Å². The van der Waals surface area contributed by atoms with E-state index in [-0.39, 0.29) is 11.7 Å². The second-order valence-electron chi connectivity index (χ2n) is 6.16. The Bertz CT molecular complexity index is 933. The summed E-state index contributed by atoms with van der Waals surface area (Å²) in [6, 6.07) is 14.4. The quantitative estimate of drug-likeness (QED) is 0.701. The highest BCUT2D eigenvalue weighted by Crippen LogP contribution is 2.31. The maximum atomic E-state index is 13.0. The molecule has 3 nitrogen and oxygen atoms in total. The smallest absolute Gasteiger partial charge is 0.270 e. The van der Waals surface area contributed by atoms with Gasteiger partial charge in [0.15, 0.2) is 0 Å². The maximum Gasteiger partial charge on any atom is 0.270 e. The molecule has 1 aliphatic heterocycles. The molecule has 0 aliphatic carbocycles. The topological polar surface area (TPSA) is 33.2 Å². The summed E-state index contributed by atoms with van der Waals surface area (Å²) < 4.78 is 13.0. The Morgan fingerprint density at radius 2 is 1.96 bits per heavy atom. The van der Waals surface area contributed by atoms with E-state index in [2.05, 4.69) is 11.1 Å². The molecule has 0 unspecified atom stereocenters. The molecule has 0 atom stereocenters. The molecule has 0 radical (unpaired) electrons. The van der Waals surface area contributed by atoms with Gasteiger partial charge >= 0.3 is 0 Å². The fourth-order valence-corrected chi connectivity index (χ4v) is 4.22. The van der Waals surface area contributed by atoms with Crippen LogP contribution in [0.2, 0.25) is 0 Å². The molecule has 0 saturated carbocycles. The van der Waals surface area contributed by atoms with Crippen molar-refractivity contribution in [3.63, 3.8) is 0 Å². The van der Waals surface area contributed by atoms with Crippen LogP contribution in [-0.4, -0.2) is 17.4 Å². The zero-order chi connectivity index (χ0) is 17.4. The van der Waals surface area contributed by atoms with E-state index in [1.807, 2.05) is 30.0 Å². The Morgan fingerprint density at radius 3 is 2.76 bits per heavy atom. The van der Waals surface area contributed by atoms with E-state index in [0.29, 0.717) is 17.8 Å². The number of nitrogens with zero attached hydrogens (tertiary/aromatic N) is 2. The molecule has 2 aromatic carbocycles. The van der Waals surface area contributed by atoms with Crippen molar-refractivity contribution in [1.29, 1.82) is 0 Å². The van der Waals surface area contributed by atoms with E-state index in [0.717, 1.165) is 28.4 Å². The molecule has 3 aromatic rings. The number of carbonyl (C=O) groups is 1. The number of aromatic nitrogens is 1. The molecular weight excluding hydrogens is 335 g/mol. The van der Waals surface area contributed by atoms with Crippen molar-refractivity contribution in [2.45, 2.75) is 19.8 Å². The Kier molecular flexibility index (Phi) is 4.09. The Hall–Kier alpha value is -2.53. The van der Waals surface area contributed by atoms with Crippen LogP contribution < -0.4 is 4.90 Å². The number of para-hydroxylation sites is 1. The van der Waals surface area contributed by atoms with Gasteiger partial charge < -0.3 is 4.90 Å². The summed E-state index contributed by atoms with van der Waals surface area (Å²) in [5.74, 6) is -0.229. The molecule has 0 saturated heterocycles. The Morgan fingerprint density at radius 1 is 1.20 bits per heavy atom. The summed E-state index contributed by atoms with van der Waals surface area (Å²) >= 11 is 1.43. The number of anilines is 1. The van der Waals surface area contributed by atoms with Crippen LogP contribution in [0.5, 0.6) is 0 Å². The predicted octanol–water partition coefficient (Wildman–Crippen LogP) is 4.38. The van der Waals surface area contributed by atoms with Gasteiger partial charge in [-0.15, -0.1) is 11.3 Å². The van der Waals surface area contributed by atoms with Crippen LogP contribution in [-0.2, 0) is 12.8 Å². The van der Waals surface area contributed by atoms with Crippen LogP contribution >= 0.6 is 11.3 Å². The van der Waals surface area contributed by atoms with Crippen molar-refractivity contribution in [3.8, 4) is 0 Å². The number of hydrogen-bond acceptors (Lipinski definition) is 3. The lowest BCUT2D eigenvalue weighted by Crippen LogP contribution is -2.28. The minimum absolute atomic E-state index is 0.0188. The van der Waals surface area contributed by atoms with Crippen LogP contribution in [0.1, 0.15) is 31.5 Å². The van der Waals surface area contributed by atoms with E-state index in [4.69, 9.17) is 0 Å². The fraction of sp³-hybridized carbons (Fsp3) is 0.200. The average molecular weight is 352 g/mol. The lowest BCUT2D eigenvalue weighted by atomic mass is 10.1. The largest absolute Gasteiger partial charge is 0.307 e. The second kappa shape index (κ2) is 6.41. The fourth-order valence-electron chi connectivity index (χ4n) is 3.17. The van der Waals surface area contributed by atoms with Gasteiger partial charge in [0.2, 0.25) is 0 Å². The van der Waals surface area contributed by atoms with Gasteiger partial charge in [-0.25, -0.2) is 9.37 Å². The highest BCUT2D eigenvalue weighted by atomic mass is 32.1. The molecule has 2 heterocycles. The van der Waals surface area contributed by atoms with Crippen molar-refractivity contribution in [2.75, 3.05) is 11.4 Å². The number of benzene rings is 2. The van der Waals surface area contributed by atoms with Gasteiger partial charge in [-0.2, -0.15) is 0 Å². The predicted molar refractivity (Wildman–Crippen MR) is 97.9 cm³/mol. The normalized spacial score (nSPS) is 13.1. The number of halogens is 1. The van der Waals surface area contributed by atoms with Crippen LogP contribution in [0.4, 0.5) is 10.1 Å². The minimum atomic E-state index is -0.248. The van der Waals surface area contributed by atoms with Gasteiger partial charge in [0.1, 0.15) is 10.7 Å². The molecule has 126 valence electrons. The van der Waals surface area contributed by atoms with E-state index in [1.54, 1.807) is 12.1 Å². The standard InChI is InChI=1S/C20H17FN2OS/c1-13-19(20(24)23-11-10-15-4-2-3-5-17(15)23)25-18(22-13)12-14-6-8-16(21)9-7-14/h2-9H,10-12H2,1H3. The number of thiazole rings is 1. The second-order valence-corrected chi connectivity index (χ2v) is 7.24. The first-order valence-corrected chi connectivity index (χ1v) is 9.04. The van der Waals surface area contributed by atoms with Crippen molar-refractivity contribution >= 4 is 22.9 Å². The average Bonchev–Trinajstić information content (AvgIpc) is 3.20. The number of rotatable bonds is 3. The minimum Gasteiger partial charge on any atom is -0.307 e. The number of fused-ring (bicyclic) bond motifs is 1. The van der Waals surface area contributed by atoms with E-state index in [1.165, 1.54) is 29.0 Å². The van der Waals surface area contributed by atoms with Crippen molar-refractivity contribution in [2.24, 2.45) is 0 Å². The van der Waals surface area contributed by atoms with Gasteiger partial charge in [-0.3, -0.25) is 4.79 Å². The summed E-state index contributed by atoms with van der Waals surface area (Å²) in [6.45, 7) is 2.59. The van der Waals surface area contributed by atoms with Crippen LogP contribution in [0.25, 0.3) is 0 Å². The molecule has 4 rings (SSSR count). The van der Waals surface area contributed by atoms with E-state index < -0.39 is 0 Å². The van der Waals surface area contributed by atoms with Crippen molar-refractivity contribution in [1.82, 2.24) is 4.98 Å². The highest BCUT2D eigenvalue weighted by molar-refractivity contribution is 7.14. The molecule has 0 bridgehead atoms. The van der Waals surface area contributed by atoms with E-state index >= 15 is 0 Å². The monoisotopic (exact) mass is 352 g/mol. The third-order valence-electron chi connectivity index (χ3n) is 4.44. The van der Waals surface area contributed by atoms with Gasteiger partial charge in [-0.1, -0.05) is 30.3 Å². The van der Waals surface area contributed by atoms with Gasteiger partial charge in [0.25, 0.3) is 5.91 Å². The highest BCUT2D eigenvalue weighted by Gasteiger charge is 2.28. The molecule has 0 fully saturated rings. The molecule has 1 aliphatic rings. The zero-order valence-electron chi connectivity index (χ0n) is 13.8. The number of amides is 1. The third-order valence-corrected chi connectivity index (χ3v) is 5.58. The van der Waals surface area contributed by atoms with Gasteiger partial charge in [0, 0.05) is 18.7 Å². The SMILES string of the molecule is Cc1nc(Cc2ccc(F)cc2)sc1C(=O)N1CCc2ccccc21. The molecule has 0 spiro atoms. The molecule has 1 aromatic heterocycles. The summed E-state index contributed by atoms with van der Waals surface area (Å²) in [6.07, 6.45) is 1.50. The molecule has 1 amide bonds. The number of aryl methyl sites for hydroxylation is 1. The van der Waals surface area contributed by atoms with Crippen LogP contribution in [0, 0.1) is 12.7 Å². The molecular formula is C20H17FN2OS. The lowest BCUT2D eigenvalue weighted by molar-refractivity contribution is 0.0992. The molecule has 5 heteroatoms. The summed E-state index contributed by atoms with van der Waals surface area (Å²) in [4.78, 5) is 20.1. The van der Waals surface area contributed by atoms with Gasteiger partial charge in [-0.05, 0) is 42.7 Å². The Balaban J connectivity index is 1.58. The first kappa shape index (κ1) is 16.0. The third kappa shape index (κ3) is 3.07. The first-order chi connectivity index (χ1) is 12.1. The van der Waals surface area contributed by atoms with E-state index in [9.17, 15) is 9.18 Å². The maximum absolute atomic E-state index is 13.0. The molecule has 25 heavy (non-hydrogen) atoms. The van der Waals surface area contributed by atoms with Crippen LogP contribution in [0.15, 0.2) is 48.5 Å².